The maximum absolute atomic E-state index is 12.0. The Labute approximate surface area is 111 Å². The Hall–Kier alpha value is -0.570. The zero-order chi connectivity index (χ0) is 13.0. The third-order valence-corrected chi connectivity index (χ3v) is 4.57. The van der Waals surface area contributed by atoms with Gasteiger partial charge in [-0.3, -0.25) is 4.79 Å². The second kappa shape index (κ2) is 6.55. The van der Waals surface area contributed by atoms with Crippen molar-refractivity contribution >= 4 is 5.91 Å². The normalized spacial score (nSPS) is 23.7. The Bertz CT molecular complexity index is 264. The molecule has 1 N–H and O–H groups in total. The number of hydrogen-bond acceptors (Lipinski definition) is 2. The van der Waals surface area contributed by atoms with Gasteiger partial charge in [0.05, 0.1) is 0 Å². The van der Waals surface area contributed by atoms with Gasteiger partial charge in [-0.05, 0) is 45.4 Å². The molecule has 0 bridgehead atoms. The molecule has 1 saturated carbocycles. The van der Waals surface area contributed by atoms with E-state index in [9.17, 15) is 4.79 Å². The van der Waals surface area contributed by atoms with Gasteiger partial charge in [0.2, 0.25) is 5.91 Å². The largest absolute Gasteiger partial charge is 0.353 e. The van der Waals surface area contributed by atoms with Crippen molar-refractivity contribution in [3.8, 4) is 0 Å². The molecule has 18 heavy (non-hydrogen) atoms. The van der Waals surface area contributed by atoms with E-state index < -0.39 is 0 Å². The fourth-order valence-electron chi connectivity index (χ4n) is 3.32. The lowest BCUT2D eigenvalue weighted by Gasteiger charge is -2.35. The van der Waals surface area contributed by atoms with Crippen LogP contribution in [0.25, 0.3) is 0 Å². The summed E-state index contributed by atoms with van der Waals surface area (Å²) in [6.07, 6.45) is 8.18. The highest BCUT2D eigenvalue weighted by Gasteiger charge is 2.24. The van der Waals surface area contributed by atoms with Crippen LogP contribution in [0.4, 0.5) is 0 Å². The van der Waals surface area contributed by atoms with E-state index in [4.69, 9.17) is 0 Å². The minimum Gasteiger partial charge on any atom is -0.353 e. The van der Waals surface area contributed by atoms with Crippen molar-refractivity contribution in [2.24, 2.45) is 5.92 Å². The minimum absolute atomic E-state index is 0.296. The SMILES string of the molecule is CC(C)N1CCC(NC(=O)CC2CCCC2)CC1. The molecule has 0 spiro atoms. The smallest absolute Gasteiger partial charge is 0.220 e. The first-order valence-electron chi connectivity index (χ1n) is 7.68. The summed E-state index contributed by atoms with van der Waals surface area (Å²) in [6, 6.07) is 1.06. The summed E-state index contributed by atoms with van der Waals surface area (Å²) in [5.74, 6) is 0.964. The summed E-state index contributed by atoms with van der Waals surface area (Å²) in [5.41, 5.74) is 0. The first kappa shape index (κ1) is 13.9. The van der Waals surface area contributed by atoms with Crippen LogP contribution in [0.2, 0.25) is 0 Å². The molecular formula is C15H28N2O. The van der Waals surface area contributed by atoms with Crippen molar-refractivity contribution in [1.29, 1.82) is 0 Å². The van der Waals surface area contributed by atoms with Crippen LogP contribution < -0.4 is 5.32 Å². The molecule has 1 saturated heterocycles. The van der Waals surface area contributed by atoms with E-state index in [2.05, 4.69) is 24.1 Å². The standard InChI is InChI=1S/C15H28N2O/c1-12(2)17-9-7-14(8-10-17)16-15(18)11-13-5-3-4-6-13/h12-14H,3-11H2,1-2H3,(H,16,18). The number of piperidine rings is 1. The van der Waals surface area contributed by atoms with Crippen LogP contribution >= 0.6 is 0 Å². The predicted octanol–water partition coefficient (Wildman–Crippen LogP) is 2.56. The van der Waals surface area contributed by atoms with Gasteiger partial charge in [-0.25, -0.2) is 0 Å². The zero-order valence-electron chi connectivity index (χ0n) is 12.0. The van der Waals surface area contributed by atoms with E-state index in [1.165, 1.54) is 25.7 Å². The van der Waals surface area contributed by atoms with Crippen molar-refractivity contribution < 1.29 is 4.79 Å². The van der Waals surface area contributed by atoms with Gasteiger partial charge in [-0.15, -0.1) is 0 Å². The van der Waals surface area contributed by atoms with E-state index in [0.29, 0.717) is 23.9 Å². The Morgan fingerprint density at radius 3 is 2.33 bits per heavy atom. The van der Waals surface area contributed by atoms with E-state index in [0.717, 1.165) is 32.4 Å². The first-order chi connectivity index (χ1) is 8.65. The molecule has 2 aliphatic rings. The number of hydrogen-bond donors (Lipinski definition) is 1. The number of carbonyl (C=O) groups is 1. The fraction of sp³-hybridized carbons (Fsp3) is 0.933. The molecule has 0 aromatic rings. The highest BCUT2D eigenvalue weighted by Crippen LogP contribution is 2.27. The lowest BCUT2D eigenvalue weighted by Crippen LogP contribution is -2.46. The molecule has 3 heteroatoms. The van der Waals surface area contributed by atoms with Gasteiger partial charge >= 0.3 is 0 Å². The van der Waals surface area contributed by atoms with Crippen molar-refractivity contribution in [3.05, 3.63) is 0 Å². The topological polar surface area (TPSA) is 32.3 Å². The number of carbonyl (C=O) groups excluding carboxylic acids is 1. The van der Waals surface area contributed by atoms with E-state index in [1.807, 2.05) is 0 Å². The van der Waals surface area contributed by atoms with Crippen LogP contribution in [-0.4, -0.2) is 36.0 Å². The van der Waals surface area contributed by atoms with Crippen molar-refractivity contribution in [2.45, 2.75) is 70.9 Å². The zero-order valence-corrected chi connectivity index (χ0v) is 12.0. The monoisotopic (exact) mass is 252 g/mol. The molecule has 3 nitrogen and oxygen atoms in total. The molecule has 2 rings (SSSR count). The van der Waals surface area contributed by atoms with Gasteiger partial charge in [-0.1, -0.05) is 12.8 Å². The van der Waals surface area contributed by atoms with Crippen molar-refractivity contribution in [1.82, 2.24) is 10.2 Å². The minimum atomic E-state index is 0.296. The maximum atomic E-state index is 12.0. The van der Waals surface area contributed by atoms with E-state index in [1.54, 1.807) is 0 Å². The molecule has 0 aromatic carbocycles. The van der Waals surface area contributed by atoms with Crippen molar-refractivity contribution in [3.63, 3.8) is 0 Å². The molecule has 2 fully saturated rings. The number of rotatable bonds is 4. The summed E-state index contributed by atoms with van der Waals surface area (Å²) in [4.78, 5) is 14.5. The number of nitrogens with zero attached hydrogens (tertiary/aromatic N) is 1. The number of likely N-dealkylation sites (tertiary alicyclic amines) is 1. The molecule has 0 aromatic heterocycles. The van der Waals surface area contributed by atoms with Gasteiger partial charge in [0, 0.05) is 31.6 Å². The first-order valence-corrected chi connectivity index (χ1v) is 7.68. The Balaban J connectivity index is 1.66. The van der Waals surface area contributed by atoms with Gasteiger partial charge in [0.15, 0.2) is 0 Å². The molecule has 0 atom stereocenters. The quantitative estimate of drug-likeness (QED) is 0.834. The van der Waals surface area contributed by atoms with Gasteiger partial charge in [0.1, 0.15) is 0 Å². The summed E-state index contributed by atoms with van der Waals surface area (Å²) in [6.45, 7) is 6.76. The molecule has 0 radical (unpaired) electrons. The van der Waals surface area contributed by atoms with E-state index >= 15 is 0 Å². The van der Waals surface area contributed by atoms with Crippen LogP contribution in [0.3, 0.4) is 0 Å². The van der Waals surface area contributed by atoms with E-state index in [-0.39, 0.29) is 0 Å². The molecule has 1 aliphatic heterocycles. The molecule has 0 unspecified atom stereocenters. The molecule has 1 aliphatic carbocycles. The van der Waals surface area contributed by atoms with Crippen LogP contribution in [0, 0.1) is 5.92 Å². The molecule has 1 amide bonds. The Morgan fingerprint density at radius 1 is 1.17 bits per heavy atom. The average Bonchev–Trinajstić information content (AvgIpc) is 2.82. The molecule has 1 heterocycles. The molecular weight excluding hydrogens is 224 g/mol. The summed E-state index contributed by atoms with van der Waals surface area (Å²) in [7, 11) is 0. The lowest BCUT2D eigenvalue weighted by molar-refractivity contribution is -0.123. The summed E-state index contributed by atoms with van der Waals surface area (Å²) in [5, 5.41) is 3.24. The fourth-order valence-corrected chi connectivity index (χ4v) is 3.32. The van der Waals surface area contributed by atoms with Gasteiger partial charge in [0.25, 0.3) is 0 Å². The second-order valence-corrected chi connectivity index (χ2v) is 6.33. The predicted molar refractivity (Wildman–Crippen MR) is 74.4 cm³/mol. The van der Waals surface area contributed by atoms with Gasteiger partial charge in [-0.2, -0.15) is 0 Å². The Kier molecular flexibility index (Phi) is 5.04. The summed E-state index contributed by atoms with van der Waals surface area (Å²) < 4.78 is 0. The lowest BCUT2D eigenvalue weighted by atomic mass is 10.0. The maximum Gasteiger partial charge on any atom is 0.220 e. The number of nitrogens with one attached hydrogen (secondary N) is 1. The second-order valence-electron chi connectivity index (χ2n) is 6.33. The van der Waals surface area contributed by atoms with Crippen LogP contribution in [0.1, 0.15) is 58.8 Å². The number of amides is 1. The summed E-state index contributed by atoms with van der Waals surface area (Å²) >= 11 is 0. The third-order valence-electron chi connectivity index (χ3n) is 4.57. The van der Waals surface area contributed by atoms with Crippen molar-refractivity contribution in [2.75, 3.05) is 13.1 Å². The highest BCUT2D eigenvalue weighted by molar-refractivity contribution is 5.76. The van der Waals surface area contributed by atoms with Gasteiger partial charge < -0.3 is 10.2 Å². The Morgan fingerprint density at radius 2 is 1.78 bits per heavy atom. The van der Waals surface area contributed by atoms with Crippen LogP contribution in [-0.2, 0) is 4.79 Å². The highest BCUT2D eigenvalue weighted by atomic mass is 16.1. The third kappa shape index (κ3) is 3.98. The molecule has 104 valence electrons. The van der Waals surface area contributed by atoms with Crippen LogP contribution in [0.5, 0.6) is 0 Å². The van der Waals surface area contributed by atoms with Crippen LogP contribution in [0.15, 0.2) is 0 Å². The average molecular weight is 252 g/mol.